The van der Waals surface area contributed by atoms with Crippen LogP contribution in [0.2, 0.25) is 0 Å². The fourth-order valence-corrected chi connectivity index (χ4v) is 3.68. The Balaban J connectivity index is 1.66. The molecule has 1 saturated heterocycles. The quantitative estimate of drug-likeness (QED) is 0.871. The van der Waals surface area contributed by atoms with E-state index in [1.807, 2.05) is 36.7 Å². The van der Waals surface area contributed by atoms with Crippen molar-refractivity contribution in [2.24, 2.45) is 0 Å². The van der Waals surface area contributed by atoms with Gasteiger partial charge in [0.2, 0.25) is 0 Å². The summed E-state index contributed by atoms with van der Waals surface area (Å²) in [6.45, 7) is 7.25. The summed E-state index contributed by atoms with van der Waals surface area (Å²) < 4.78 is 0. The second-order valence-electron chi connectivity index (χ2n) is 5.48. The molecule has 106 valence electrons. The van der Waals surface area contributed by atoms with Crippen molar-refractivity contribution in [1.29, 1.82) is 0 Å². The van der Waals surface area contributed by atoms with E-state index < -0.39 is 0 Å². The van der Waals surface area contributed by atoms with E-state index in [4.69, 9.17) is 0 Å². The highest BCUT2D eigenvalue weighted by Crippen LogP contribution is 2.30. The Hall–Kier alpha value is -1.33. The van der Waals surface area contributed by atoms with Crippen LogP contribution in [0.25, 0.3) is 0 Å². The van der Waals surface area contributed by atoms with Crippen molar-refractivity contribution in [3.63, 3.8) is 0 Å². The van der Waals surface area contributed by atoms with Crippen LogP contribution in [-0.2, 0) is 6.54 Å². The number of thiazole rings is 1. The van der Waals surface area contributed by atoms with Gasteiger partial charge in [0.05, 0.1) is 10.7 Å². The molecule has 0 spiro atoms. The maximum Gasteiger partial charge on any atom is 0.125 e. The van der Waals surface area contributed by atoms with Crippen LogP contribution < -0.4 is 0 Å². The summed E-state index contributed by atoms with van der Waals surface area (Å²) >= 11 is 1.84. The Kier molecular flexibility index (Phi) is 4.08. The maximum absolute atomic E-state index is 4.56. The Bertz CT molecular complexity index is 581. The van der Waals surface area contributed by atoms with Gasteiger partial charge in [-0.2, -0.15) is 0 Å². The van der Waals surface area contributed by atoms with Gasteiger partial charge in [-0.3, -0.25) is 4.90 Å². The average Bonchev–Trinajstić information content (AvgIpc) is 2.86. The minimum atomic E-state index is 0.588. The van der Waals surface area contributed by atoms with Gasteiger partial charge in [-0.05, 0) is 39.3 Å². The average molecular weight is 288 g/mol. The van der Waals surface area contributed by atoms with E-state index in [9.17, 15) is 0 Å². The number of aryl methyl sites for hydroxylation is 2. The molecule has 4 nitrogen and oxygen atoms in total. The predicted octanol–water partition coefficient (Wildman–Crippen LogP) is 2.93. The molecule has 0 N–H and O–H groups in total. The topological polar surface area (TPSA) is 41.9 Å². The number of hydrogen-bond acceptors (Lipinski definition) is 5. The molecule has 0 aromatic carbocycles. The first kappa shape index (κ1) is 13.6. The van der Waals surface area contributed by atoms with Crippen molar-refractivity contribution in [3.05, 3.63) is 39.9 Å². The van der Waals surface area contributed by atoms with Crippen LogP contribution in [0, 0.1) is 13.8 Å². The maximum atomic E-state index is 4.56. The second kappa shape index (κ2) is 5.97. The molecule has 0 amide bonds. The molecule has 3 heterocycles. The molecule has 0 unspecified atom stereocenters. The molecule has 20 heavy (non-hydrogen) atoms. The Labute approximate surface area is 123 Å². The first-order valence-corrected chi connectivity index (χ1v) is 7.95. The molecule has 2 aromatic rings. The van der Waals surface area contributed by atoms with Crippen LogP contribution in [-0.4, -0.2) is 32.9 Å². The SMILES string of the molecule is Cc1nccc(CN2CCC[C@H](c3ncc(C)s3)C2)n1. The van der Waals surface area contributed by atoms with Gasteiger partial charge < -0.3 is 0 Å². The standard InChI is InChI=1S/C15H20N4S/c1-11-8-17-15(20-11)13-4-3-7-19(9-13)10-14-5-6-16-12(2)18-14/h5-6,8,13H,3-4,7,9-10H2,1-2H3/t13-/m0/s1. The van der Waals surface area contributed by atoms with E-state index >= 15 is 0 Å². The molecule has 3 rings (SSSR count). The lowest BCUT2D eigenvalue weighted by atomic mass is 9.98. The molecule has 0 saturated carbocycles. The van der Waals surface area contributed by atoms with Gasteiger partial charge in [-0.15, -0.1) is 11.3 Å². The summed E-state index contributed by atoms with van der Waals surface area (Å²) in [6.07, 6.45) is 6.34. The molecule has 1 aliphatic rings. The molecule has 0 aliphatic carbocycles. The molecule has 0 bridgehead atoms. The lowest BCUT2D eigenvalue weighted by Gasteiger charge is -2.31. The van der Waals surface area contributed by atoms with E-state index in [1.165, 1.54) is 22.7 Å². The third-order valence-electron chi connectivity index (χ3n) is 3.71. The van der Waals surface area contributed by atoms with Gasteiger partial charge in [-0.25, -0.2) is 15.0 Å². The normalized spacial score (nSPS) is 20.2. The summed E-state index contributed by atoms with van der Waals surface area (Å²) in [5, 5.41) is 1.30. The summed E-state index contributed by atoms with van der Waals surface area (Å²) in [5.74, 6) is 1.44. The molecule has 5 heteroatoms. The van der Waals surface area contributed by atoms with E-state index in [-0.39, 0.29) is 0 Å². The Morgan fingerprint density at radius 3 is 3.00 bits per heavy atom. The van der Waals surface area contributed by atoms with Crippen molar-refractivity contribution in [3.8, 4) is 0 Å². The van der Waals surface area contributed by atoms with Crippen LogP contribution in [0.4, 0.5) is 0 Å². The van der Waals surface area contributed by atoms with Gasteiger partial charge >= 0.3 is 0 Å². The van der Waals surface area contributed by atoms with Crippen LogP contribution in [0.5, 0.6) is 0 Å². The smallest absolute Gasteiger partial charge is 0.125 e. The zero-order valence-corrected chi connectivity index (χ0v) is 12.9. The van der Waals surface area contributed by atoms with Crippen molar-refractivity contribution in [1.82, 2.24) is 19.9 Å². The van der Waals surface area contributed by atoms with E-state index in [1.54, 1.807) is 0 Å². The first-order chi connectivity index (χ1) is 9.70. The lowest BCUT2D eigenvalue weighted by Crippen LogP contribution is -2.34. The summed E-state index contributed by atoms with van der Waals surface area (Å²) in [5.41, 5.74) is 1.12. The van der Waals surface area contributed by atoms with Crippen LogP contribution in [0.15, 0.2) is 18.5 Å². The number of hydrogen-bond donors (Lipinski definition) is 0. The summed E-state index contributed by atoms with van der Waals surface area (Å²) in [7, 11) is 0. The zero-order valence-electron chi connectivity index (χ0n) is 12.0. The third-order valence-corrected chi connectivity index (χ3v) is 4.79. The largest absolute Gasteiger partial charge is 0.297 e. The molecule has 2 aromatic heterocycles. The van der Waals surface area contributed by atoms with Gasteiger partial charge in [0.15, 0.2) is 0 Å². The minimum absolute atomic E-state index is 0.588. The minimum Gasteiger partial charge on any atom is -0.297 e. The number of rotatable bonds is 3. The van der Waals surface area contributed by atoms with Crippen molar-refractivity contribution < 1.29 is 0 Å². The number of likely N-dealkylation sites (tertiary alicyclic amines) is 1. The van der Waals surface area contributed by atoms with E-state index in [2.05, 4.69) is 26.8 Å². The monoisotopic (exact) mass is 288 g/mol. The van der Waals surface area contributed by atoms with Crippen LogP contribution in [0.3, 0.4) is 0 Å². The van der Waals surface area contributed by atoms with Gasteiger partial charge in [0.1, 0.15) is 5.82 Å². The lowest BCUT2D eigenvalue weighted by molar-refractivity contribution is 0.198. The zero-order chi connectivity index (χ0) is 13.9. The summed E-state index contributed by atoms with van der Waals surface area (Å²) in [4.78, 5) is 17.0. The van der Waals surface area contributed by atoms with Crippen LogP contribution in [0.1, 0.15) is 40.2 Å². The van der Waals surface area contributed by atoms with Gasteiger partial charge in [-0.1, -0.05) is 0 Å². The van der Waals surface area contributed by atoms with Crippen molar-refractivity contribution in [2.75, 3.05) is 13.1 Å². The Morgan fingerprint density at radius 1 is 1.35 bits per heavy atom. The second-order valence-corrected chi connectivity index (χ2v) is 6.74. The molecular formula is C15H20N4S. The molecule has 1 atom stereocenters. The highest BCUT2D eigenvalue weighted by Gasteiger charge is 2.23. The molecular weight excluding hydrogens is 268 g/mol. The Morgan fingerprint density at radius 2 is 2.25 bits per heavy atom. The molecule has 1 fully saturated rings. The number of aromatic nitrogens is 3. The predicted molar refractivity (Wildman–Crippen MR) is 80.9 cm³/mol. The fourth-order valence-electron chi connectivity index (χ4n) is 2.78. The number of nitrogens with zero attached hydrogens (tertiary/aromatic N) is 4. The molecule has 0 radical (unpaired) electrons. The molecule has 1 aliphatic heterocycles. The van der Waals surface area contributed by atoms with Crippen LogP contribution >= 0.6 is 11.3 Å². The van der Waals surface area contributed by atoms with Crippen molar-refractivity contribution in [2.45, 2.75) is 39.2 Å². The van der Waals surface area contributed by atoms with E-state index in [0.29, 0.717) is 5.92 Å². The van der Waals surface area contributed by atoms with Gasteiger partial charge in [0, 0.05) is 36.3 Å². The van der Waals surface area contributed by atoms with Gasteiger partial charge in [0.25, 0.3) is 0 Å². The van der Waals surface area contributed by atoms with E-state index in [0.717, 1.165) is 31.2 Å². The fraction of sp³-hybridized carbons (Fsp3) is 0.533. The first-order valence-electron chi connectivity index (χ1n) is 7.14. The number of piperidine rings is 1. The third kappa shape index (κ3) is 3.22. The highest BCUT2D eigenvalue weighted by atomic mass is 32.1. The van der Waals surface area contributed by atoms with Crippen molar-refractivity contribution >= 4 is 11.3 Å². The summed E-state index contributed by atoms with van der Waals surface area (Å²) in [6, 6.07) is 2.02. The highest BCUT2D eigenvalue weighted by molar-refractivity contribution is 7.11.